The molecule has 3 aromatic rings. The maximum atomic E-state index is 12.9. The molecule has 0 saturated carbocycles. The maximum Gasteiger partial charge on any atom is 0.416 e. The monoisotopic (exact) mass is 507 g/mol. The molecular formula is C22H13ClF3N3O6. The molecule has 0 bridgehead atoms. The van der Waals surface area contributed by atoms with Gasteiger partial charge in [-0.2, -0.15) is 13.2 Å². The van der Waals surface area contributed by atoms with Crippen LogP contribution >= 0.6 is 11.6 Å². The molecule has 9 nitrogen and oxygen atoms in total. The number of nitrogens with one attached hydrogen (secondary N) is 1. The summed E-state index contributed by atoms with van der Waals surface area (Å²) in [7, 11) is 0. The fraction of sp³-hybridized carbons (Fsp3) is 0.136. The molecule has 0 aliphatic carbocycles. The predicted octanol–water partition coefficient (Wildman–Crippen LogP) is 4.25. The first-order valence-corrected chi connectivity index (χ1v) is 10.1. The average molecular weight is 508 g/mol. The van der Waals surface area contributed by atoms with E-state index in [0.717, 1.165) is 23.1 Å². The molecule has 0 fully saturated rings. The van der Waals surface area contributed by atoms with Crippen LogP contribution in [-0.4, -0.2) is 35.5 Å². The summed E-state index contributed by atoms with van der Waals surface area (Å²) in [6.45, 7) is 0.736. The Morgan fingerprint density at radius 1 is 1.09 bits per heavy atom. The second-order valence-corrected chi connectivity index (χ2v) is 7.73. The third-order valence-corrected chi connectivity index (χ3v) is 5.20. The molecule has 1 aliphatic heterocycles. The molecule has 35 heavy (non-hydrogen) atoms. The molecule has 0 radical (unpaired) electrons. The number of carbonyl (C=O) groups is 4. The summed E-state index contributed by atoms with van der Waals surface area (Å²) in [6.07, 6.45) is -4.65. The lowest BCUT2D eigenvalue weighted by atomic mass is 10.1. The molecule has 0 spiro atoms. The van der Waals surface area contributed by atoms with E-state index in [2.05, 4.69) is 10.5 Å². The van der Waals surface area contributed by atoms with E-state index in [0.29, 0.717) is 11.8 Å². The first-order chi connectivity index (χ1) is 16.5. The average Bonchev–Trinajstić information content (AvgIpc) is 3.33. The number of fused-ring (bicyclic) bond motifs is 1. The zero-order valence-corrected chi connectivity index (χ0v) is 18.4. The van der Waals surface area contributed by atoms with Gasteiger partial charge in [0.25, 0.3) is 17.7 Å². The van der Waals surface area contributed by atoms with Gasteiger partial charge in [-0.15, -0.1) is 0 Å². The number of amides is 3. The van der Waals surface area contributed by atoms with Crippen molar-refractivity contribution in [1.29, 1.82) is 0 Å². The Hall–Kier alpha value is -4.19. The highest BCUT2D eigenvalue weighted by Crippen LogP contribution is 2.34. The van der Waals surface area contributed by atoms with Gasteiger partial charge in [0, 0.05) is 6.07 Å². The summed E-state index contributed by atoms with van der Waals surface area (Å²) in [5.74, 6) is -2.97. The summed E-state index contributed by atoms with van der Waals surface area (Å²) in [5, 5.41) is 5.64. The van der Waals surface area contributed by atoms with Crippen molar-refractivity contribution >= 4 is 46.8 Å². The first kappa shape index (κ1) is 24.0. The molecule has 0 atom stereocenters. The lowest BCUT2D eigenvalue weighted by Crippen LogP contribution is -2.29. The zero-order chi connectivity index (χ0) is 25.5. The number of hydrogen-bond donors (Lipinski definition) is 1. The smallest absolute Gasteiger partial charge is 0.416 e. The van der Waals surface area contributed by atoms with Crippen LogP contribution in [0, 0.1) is 6.92 Å². The van der Waals surface area contributed by atoms with Crippen molar-refractivity contribution in [1.82, 2.24) is 5.16 Å². The standard InChI is InChI=1S/C22H13ClF3N3O6/c1-10-6-17(28-35-10)29-19(31)13-4-2-11(7-14(13)20(29)32)21(33)34-9-18(30)27-16-8-12(22(24,25)26)3-5-15(16)23/h2-8H,9H2,1H3,(H,27,30). The molecule has 0 saturated heterocycles. The van der Waals surface area contributed by atoms with Gasteiger partial charge in [-0.1, -0.05) is 16.8 Å². The number of rotatable bonds is 5. The van der Waals surface area contributed by atoms with Gasteiger partial charge >= 0.3 is 12.1 Å². The fourth-order valence-corrected chi connectivity index (χ4v) is 3.40. The Morgan fingerprint density at radius 2 is 1.80 bits per heavy atom. The van der Waals surface area contributed by atoms with Crippen molar-refractivity contribution in [3.05, 3.63) is 75.5 Å². The van der Waals surface area contributed by atoms with Crippen molar-refractivity contribution in [3.8, 4) is 0 Å². The van der Waals surface area contributed by atoms with Gasteiger partial charge in [0.05, 0.1) is 33.0 Å². The predicted molar refractivity (Wildman–Crippen MR) is 114 cm³/mol. The van der Waals surface area contributed by atoms with Gasteiger partial charge in [-0.05, 0) is 43.3 Å². The fourth-order valence-electron chi connectivity index (χ4n) is 3.23. The van der Waals surface area contributed by atoms with Gasteiger partial charge in [-0.25, -0.2) is 9.69 Å². The lowest BCUT2D eigenvalue weighted by molar-refractivity contribution is -0.137. The number of aryl methyl sites for hydroxylation is 1. The van der Waals surface area contributed by atoms with Crippen molar-refractivity contribution in [3.63, 3.8) is 0 Å². The van der Waals surface area contributed by atoms with Crippen molar-refractivity contribution in [2.75, 3.05) is 16.8 Å². The van der Waals surface area contributed by atoms with Crippen LogP contribution in [0.1, 0.15) is 42.4 Å². The summed E-state index contributed by atoms with van der Waals surface area (Å²) in [6, 6.07) is 7.38. The van der Waals surface area contributed by atoms with Crippen LogP contribution in [0.25, 0.3) is 0 Å². The number of halogens is 4. The van der Waals surface area contributed by atoms with Crippen LogP contribution in [0.3, 0.4) is 0 Å². The minimum Gasteiger partial charge on any atom is -0.452 e. The minimum absolute atomic E-state index is 0.0113. The van der Waals surface area contributed by atoms with Gasteiger partial charge in [0.2, 0.25) is 0 Å². The van der Waals surface area contributed by atoms with Crippen molar-refractivity contribution in [2.45, 2.75) is 13.1 Å². The van der Waals surface area contributed by atoms with Crippen LogP contribution in [0.15, 0.2) is 47.0 Å². The van der Waals surface area contributed by atoms with E-state index in [9.17, 15) is 32.3 Å². The van der Waals surface area contributed by atoms with E-state index in [1.807, 2.05) is 0 Å². The van der Waals surface area contributed by atoms with E-state index in [1.54, 1.807) is 6.92 Å². The number of nitrogens with zero attached hydrogens (tertiary/aromatic N) is 2. The largest absolute Gasteiger partial charge is 0.452 e. The van der Waals surface area contributed by atoms with Crippen LogP contribution in [0.4, 0.5) is 24.7 Å². The third kappa shape index (κ3) is 4.73. The highest BCUT2D eigenvalue weighted by molar-refractivity contribution is 6.34. The second kappa shape index (κ2) is 8.87. The molecule has 2 heterocycles. The Kier molecular flexibility index (Phi) is 6.07. The number of aromatic nitrogens is 1. The molecule has 1 aromatic heterocycles. The molecule has 3 amide bonds. The Labute approximate surface area is 199 Å². The molecule has 4 rings (SSSR count). The number of esters is 1. The SMILES string of the molecule is Cc1cc(N2C(=O)c3ccc(C(=O)OCC(=O)Nc4cc(C(F)(F)F)ccc4Cl)cc3C2=O)no1. The normalized spacial score (nSPS) is 13.1. The zero-order valence-electron chi connectivity index (χ0n) is 17.6. The van der Waals surface area contributed by atoms with Gasteiger partial charge in [0.1, 0.15) is 5.76 Å². The third-order valence-electron chi connectivity index (χ3n) is 4.87. The second-order valence-electron chi connectivity index (χ2n) is 7.32. The number of carbonyl (C=O) groups excluding carboxylic acids is 4. The summed E-state index contributed by atoms with van der Waals surface area (Å²) in [5.41, 5.74) is -1.52. The highest BCUT2D eigenvalue weighted by Gasteiger charge is 2.39. The Morgan fingerprint density at radius 3 is 2.46 bits per heavy atom. The number of anilines is 2. The van der Waals surface area contributed by atoms with Crippen LogP contribution in [0.5, 0.6) is 0 Å². The van der Waals surface area contributed by atoms with E-state index in [-0.39, 0.29) is 33.2 Å². The number of ether oxygens (including phenoxy) is 1. The van der Waals surface area contributed by atoms with Crippen LogP contribution in [-0.2, 0) is 15.7 Å². The summed E-state index contributed by atoms with van der Waals surface area (Å²) in [4.78, 5) is 50.6. The first-order valence-electron chi connectivity index (χ1n) is 9.75. The van der Waals surface area contributed by atoms with Gasteiger partial charge in [-0.3, -0.25) is 14.4 Å². The summed E-state index contributed by atoms with van der Waals surface area (Å²) >= 11 is 5.82. The van der Waals surface area contributed by atoms with Gasteiger partial charge in [0.15, 0.2) is 12.4 Å². The molecule has 1 aliphatic rings. The van der Waals surface area contributed by atoms with Crippen LogP contribution in [0.2, 0.25) is 5.02 Å². The van der Waals surface area contributed by atoms with Crippen molar-refractivity contribution in [2.24, 2.45) is 0 Å². The molecule has 180 valence electrons. The number of hydrogen-bond acceptors (Lipinski definition) is 7. The summed E-state index contributed by atoms with van der Waals surface area (Å²) < 4.78 is 48.4. The maximum absolute atomic E-state index is 12.9. The van der Waals surface area contributed by atoms with Crippen LogP contribution < -0.4 is 10.2 Å². The van der Waals surface area contributed by atoms with E-state index in [1.165, 1.54) is 18.2 Å². The minimum atomic E-state index is -4.65. The quantitative estimate of drug-likeness (QED) is 0.405. The molecule has 13 heteroatoms. The Bertz CT molecular complexity index is 1380. The molecule has 2 aromatic carbocycles. The van der Waals surface area contributed by atoms with E-state index < -0.39 is 42.0 Å². The van der Waals surface area contributed by atoms with Crippen molar-refractivity contribution < 1.29 is 41.6 Å². The number of imide groups is 1. The molecule has 0 unspecified atom stereocenters. The van der Waals surface area contributed by atoms with E-state index in [4.69, 9.17) is 20.9 Å². The lowest BCUT2D eigenvalue weighted by Gasteiger charge is -2.12. The van der Waals surface area contributed by atoms with E-state index >= 15 is 0 Å². The Balaban J connectivity index is 1.43. The highest BCUT2D eigenvalue weighted by atomic mass is 35.5. The number of alkyl halides is 3. The van der Waals surface area contributed by atoms with Gasteiger partial charge < -0.3 is 14.6 Å². The topological polar surface area (TPSA) is 119 Å². The molecule has 1 N–H and O–H groups in total. The number of benzene rings is 2. The molecular weight excluding hydrogens is 495 g/mol.